The number of amides is 1. The third-order valence-corrected chi connectivity index (χ3v) is 6.64. The smallest absolute Gasteiger partial charge is 0.235 e. The largest absolute Gasteiger partial charge is 0.494 e. The maximum Gasteiger partial charge on any atom is 0.235 e. The van der Waals surface area contributed by atoms with Crippen LogP contribution in [0.1, 0.15) is 49.1 Å². The van der Waals surface area contributed by atoms with Gasteiger partial charge in [-0.1, -0.05) is 36.8 Å². The summed E-state index contributed by atoms with van der Waals surface area (Å²) in [5.74, 6) is 1.34. The Morgan fingerprint density at radius 2 is 1.82 bits per heavy atom. The Labute approximate surface area is 166 Å². The Kier molecular flexibility index (Phi) is 4.59. The van der Waals surface area contributed by atoms with E-state index in [0.717, 1.165) is 43.0 Å². The molecule has 0 aromatic heterocycles. The molecule has 4 nitrogen and oxygen atoms in total. The lowest BCUT2D eigenvalue weighted by molar-refractivity contribution is -0.118. The summed E-state index contributed by atoms with van der Waals surface area (Å²) in [5, 5.41) is 3.05. The van der Waals surface area contributed by atoms with Gasteiger partial charge in [-0.15, -0.1) is 0 Å². The normalized spacial score (nSPS) is 26.1. The molecule has 1 N–H and O–H groups in total. The lowest BCUT2D eigenvalue weighted by Gasteiger charge is -2.26. The third-order valence-electron chi connectivity index (χ3n) is 6.64. The number of ether oxygens (including phenoxy) is 1. The molecule has 2 aromatic rings. The number of likely N-dealkylation sites (tertiary alicyclic amines) is 1. The third kappa shape index (κ3) is 3.10. The lowest BCUT2D eigenvalue weighted by atomic mass is 9.92. The molecule has 4 heteroatoms. The molecule has 1 saturated heterocycles. The molecule has 1 amide bonds. The van der Waals surface area contributed by atoms with Gasteiger partial charge in [0.15, 0.2) is 0 Å². The number of carbonyl (C=O) groups excluding carboxylic acids is 1. The minimum atomic E-state index is -0.354. The van der Waals surface area contributed by atoms with E-state index in [2.05, 4.69) is 40.5 Å². The number of nitrogens with zero attached hydrogens (tertiary/aromatic N) is 1. The van der Waals surface area contributed by atoms with Gasteiger partial charge in [0.05, 0.1) is 12.0 Å². The second-order valence-corrected chi connectivity index (χ2v) is 8.40. The quantitative estimate of drug-likeness (QED) is 0.764. The Morgan fingerprint density at radius 1 is 1.04 bits per heavy atom. The SMILES string of the molecule is O=C1Nc2ccccc2C12CC2c1ccc(OCCCN2CCCCC2)cc1. The summed E-state index contributed by atoms with van der Waals surface area (Å²) in [6, 6.07) is 16.5. The second-order valence-electron chi connectivity index (χ2n) is 8.40. The van der Waals surface area contributed by atoms with Crippen LogP contribution in [0.5, 0.6) is 5.75 Å². The first-order chi connectivity index (χ1) is 13.8. The lowest BCUT2D eigenvalue weighted by Crippen LogP contribution is -2.31. The number of carbonyl (C=O) groups is 1. The van der Waals surface area contributed by atoms with Gasteiger partial charge in [-0.3, -0.25) is 4.79 Å². The average Bonchev–Trinajstić information content (AvgIpc) is 3.43. The first-order valence-corrected chi connectivity index (χ1v) is 10.6. The van der Waals surface area contributed by atoms with Gasteiger partial charge < -0.3 is 15.0 Å². The fourth-order valence-corrected chi connectivity index (χ4v) is 5.01. The molecular formula is C24H28N2O2. The number of nitrogens with one attached hydrogen (secondary N) is 1. The van der Waals surface area contributed by atoms with E-state index >= 15 is 0 Å². The highest BCUT2D eigenvalue weighted by molar-refractivity contribution is 6.09. The van der Waals surface area contributed by atoms with Crippen molar-refractivity contribution in [3.05, 3.63) is 59.7 Å². The van der Waals surface area contributed by atoms with Gasteiger partial charge in [-0.2, -0.15) is 0 Å². The van der Waals surface area contributed by atoms with E-state index in [1.54, 1.807) is 0 Å². The Bertz CT molecular complexity index is 857. The molecule has 2 aliphatic heterocycles. The molecule has 146 valence electrons. The predicted molar refractivity (Wildman–Crippen MR) is 111 cm³/mol. The van der Waals surface area contributed by atoms with Crippen LogP contribution in [0.25, 0.3) is 0 Å². The fourth-order valence-electron chi connectivity index (χ4n) is 5.01. The van der Waals surface area contributed by atoms with E-state index in [9.17, 15) is 4.79 Å². The van der Waals surface area contributed by atoms with Crippen molar-refractivity contribution >= 4 is 11.6 Å². The molecule has 1 saturated carbocycles. The zero-order valence-electron chi connectivity index (χ0n) is 16.3. The van der Waals surface area contributed by atoms with Crippen LogP contribution in [0.2, 0.25) is 0 Å². The van der Waals surface area contributed by atoms with Crippen LogP contribution in [0.3, 0.4) is 0 Å². The standard InChI is InChI=1S/C24H28N2O2/c27-23-24(20-7-2-3-8-22(20)25-23)17-21(24)18-9-11-19(12-10-18)28-16-6-15-26-13-4-1-5-14-26/h2-3,7-12,21H,1,4-6,13-17H2,(H,25,27). The van der Waals surface area contributed by atoms with Gasteiger partial charge in [0.2, 0.25) is 5.91 Å². The number of para-hydroxylation sites is 1. The van der Waals surface area contributed by atoms with Gasteiger partial charge in [0.25, 0.3) is 0 Å². The Morgan fingerprint density at radius 3 is 2.64 bits per heavy atom. The zero-order chi connectivity index (χ0) is 19.0. The van der Waals surface area contributed by atoms with Gasteiger partial charge in [-0.25, -0.2) is 0 Å². The number of benzene rings is 2. The van der Waals surface area contributed by atoms with Crippen LogP contribution in [0, 0.1) is 0 Å². The van der Waals surface area contributed by atoms with Crippen LogP contribution < -0.4 is 10.1 Å². The second kappa shape index (κ2) is 7.25. The van der Waals surface area contributed by atoms with E-state index in [4.69, 9.17) is 4.74 Å². The summed E-state index contributed by atoms with van der Waals surface area (Å²) in [5.41, 5.74) is 3.01. The minimum absolute atomic E-state index is 0.150. The summed E-state index contributed by atoms with van der Waals surface area (Å²) in [7, 11) is 0. The van der Waals surface area contributed by atoms with Gasteiger partial charge in [-0.05, 0) is 68.1 Å². The van der Waals surface area contributed by atoms with E-state index in [-0.39, 0.29) is 17.2 Å². The van der Waals surface area contributed by atoms with Crippen LogP contribution in [0.4, 0.5) is 5.69 Å². The van der Waals surface area contributed by atoms with Crippen LogP contribution >= 0.6 is 0 Å². The van der Waals surface area contributed by atoms with E-state index in [1.807, 2.05) is 18.2 Å². The number of hydrogen-bond donors (Lipinski definition) is 1. The van der Waals surface area contributed by atoms with Gasteiger partial charge in [0, 0.05) is 18.2 Å². The predicted octanol–water partition coefficient (Wildman–Crippen LogP) is 4.32. The Hall–Kier alpha value is -2.33. The van der Waals surface area contributed by atoms with Crippen molar-refractivity contribution in [3.63, 3.8) is 0 Å². The molecule has 2 fully saturated rings. The molecule has 0 bridgehead atoms. The number of rotatable bonds is 6. The first-order valence-electron chi connectivity index (χ1n) is 10.6. The molecule has 2 aromatic carbocycles. The highest BCUT2D eigenvalue weighted by Crippen LogP contribution is 2.64. The molecule has 1 spiro atoms. The first kappa shape index (κ1) is 17.7. The molecule has 2 unspecified atom stereocenters. The van der Waals surface area contributed by atoms with Crippen molar-refractivity contribution < 1.29 is 9.53 Å². The minimum Gasteiger partial charge on any atom is -0.494 e. The van der Waals surface area contributed by atoms with Crippen molar-refractivity contribution in [2.24, 2.45) is 0 Å². The molecule has 0 radical (unpaired) electrons. The molecule has 2 heterocycles. The molecule has 1 aliphatic carbocycles. The Balaban J connectivity index is 1.17. The van der Waals surface area contributed by atoms with Crippen molar-refractivity contribution in [2.75, 3.05) is 31.6 Å². The average molecular weight is 377 g/mol. The van der Waals surface area contributed by atoms with Crippen molar-refractivity contribution in [1.29, 1.82) is 0 Å². The fraction of sp³-hybridized carbons (Fsp3) is 0.458. The van der Waals surface area contributed by atoms with E-state index in [1.165, 1.54) is 37.9 Å². The molecule has 5 rings (SSSR count). The number of hydrogen-bond acceptors (Lipinski definition) is 3. The molecular weight excluding hydrogens is 348 g/mol. The summed E-state index contributed by atoms with van der Waals surface area (Å²) < 4.78 is 5.94. The summed E-state index contributed by atoms with van der Waals surface area (Å²) in [4.78, 5) is 15.2. The monoisotopic (exact) mass is 376 g/mol. The number of fused-ring (bicyclic) bond motifs is 2. The maximum absolute atomic E-state index is 12.6. The maximum atomic E-state index is 12.6. The van der Waals surface area contributed by atoms with Crippen molar-refractivity contribution in [2.45, 2.75) is 43.4 Å². The molecule has 3 aliphatic rings. The number of piperidine rings is 1. The summed E-state index contributed by atoms with van der Waals surface area (Å²) in [6.07, 6.45) is 6.03. The van der Waals surface area contributed by atoms with E-state index < -0.39 is 0 Å². The molecule has 2 atom stereocenters. The summed E-state index contributed by atoms with van der Waals surface area (Å²) in [6.45, 7) is 4.39. The van der Waals surface area contributed by atoms with Crippen LogP contribution in [-0.2, 0) is 10.2 Å². The van der Waals surface area contributed by atoms with Crippen LogP contribution in [-0.4, -0.2) is 37.0 Å². The van der Waals surface area contributed by atoms with Crippen molar-refractivity contribution in [1.82, 2.24) is 4.90 Å². The highest BCUT2D eigenvalue weighted by Gasteiger charge is 2.64. The number of anilines is 1. The molecule has 28 heavy (non-hydrogen) atoms. The zero-order valence-corrected chi connectivity index (χ0v) is 16.3. The van der Waals surface area contributed by atoms with Crippen LogP contribution in [0.15, 0.2) is 48.5 Å². The highest BCUT2D eigenvalue weighted by atomic mass is 16.5. The van der Waals surface area contributed by atoms with Gasteiger partial charge in [0.1, 0.15) is 5.75 Å². The van der Waals surface area contributed by atoms with Gasteiger partial charge >= 0.3 is 0 Å². The van der Waals surface area contributed by atoms with Crippen molar-refractivity contribution in [3.8, 4) is 5.75 Å². The van der Waals surface area contributed by atoms with E-state index in [0.29, 0.717) is 0 Å². The summed E-state index contributed by atoms with van der Waals surface area (Å²) >= 11 is 0. The topological polar surface area (TPSA) is 41.6 Å².